The third kappa shape index (κ3) is 2.16. The zero-order chi connectivity index (χ0) is 13.2. The van der Waals surface area contributed by atoms with Crippen LogP contribution in [0.5, 0.6) is 5.75 Å². The fraction of sp³-hybridized carbons (Fsp3) is 0.0714. The lowest BCUT2D eigenvalue weighted by Crippen LogP contribution is -1.90. The van der Waals surface area contributed by atoms with E-state index in [1.165, 1.54) is 4.01 Å². The van der Waals surface area contributed by atoms with Crippen molar-refractivity contribution in [3.05, 3.63) is 41.3 Å². The Balaban J connectivity index is 1.96. The molecule has 19 heavy (non-hydrogen) atoms. The molecule has 0 aliphatic heterocycles. The van der Waals surface area contributed by atoms with Gasteiger partial charge < -0.3 is 10.1 Å². The Kier molecular flexibility index (Phi) is 3.11. The number of thiophene rings is 2. The lowest BCUT2D eigenvalue weighted by molar-refractivity contribution is 0.415. The SMILES string of the molecule is COc1ccc(Nc2sc3sccc3c2C#N)cc1. The van der Waals surface area contributed by atoms with Crippen LogP contribution < -0.4 is 10.1 Å². The molecule has 0 fully saturated rings. The van der Waals surface area contributed by atoms with Gasteiger partial charge in [0, 0.05) is 11.1 Å². The fourth-order valence-corrected chi connectivity index (χ4v) is 3.96. The molecule has 0 atom stereocenters. The van der Waals surface area contributed by atoms with Crippen LogP contribution in [0.1, 0.15) is 5.56 Å². The molecule has 1 aromatic carbocycles. The summed E-state index contributed by atoms with van der Waals surface area (Å²) in [6.45, 7) is 0. The van der Waals surface area contributed by atoms with Crippen molar-refractivity contribution in [2.45, 2.75) is 0 Å². The van der Waals surface area contributed by atoms with Gasteiger partial charge in [0.25, 0.3) is 0 Å². The van der Waals surface area contributed by atoms with Crippen LogP contribution in [0.2, 0.25) is 0 Å². The van der Waals surface area contributed by atoms with Crippen molar-refractivity contribution in [3.63, 3.8) is 0 Å². The highest BCUT2D eigenvalue weighted by molar-refractivity contribution is 7.39. The number of nitrogens with one attached hydrogen (secondary N) is 1. The maximum absolute atomic E-state index is 9.29. The first kappa shape index (κ1) is 12.0. The Bertz CT molecular complexity index is 750. The van der Waals surface area contributed by atoms with Crippen LogP contribution >= 0.6 is 22.7 Å². The molecule has 0 bridgehead atoms. The molecule has 0 spiro atoms. The Morgan fingerprint density at radius 2 is 2.00 bits per heavy atom. The minimum absolute atomic E-state index is 0.720. The van der Waals surface area contributed by atoms with Crippen LogP contribution in [0, 0.1) is 11.3 Å². The quantitative estimate of drug-likeness (QED) is 0.766. The molecular formula is C14H10N2OS2. The molecule has 3 rings (SSSR count). The molecule has 0 saturated heterocycles. The van der Waals surface area contributed by atoms with Gasteiger partial charge in [0.1, 0.15) is 16.8 Å². The van der Waals surface area contributed by atoms with Crippen LogP contribution in [0.15, 0.2) is 35.7 Å². The monoisotopic (exact) mass is 286 g/mol. The van der Waals surface area contributed by atoms with Gasteiger partial charge in [0.05, 0.1) is 16.7 Å². The van der Waals surface area contributed by atoms with Crippen LogP contribution in [0.4, 0.5) is 10.7 Å². The number of fused-ring (bicyclic) bond motifs is 1. The number of nitrogens with zero attached hydrogens (tertiary/aromatic N) is 1. The van der Waals surface area contributed by atoms with E-state index >= 15 is 0 Å². The lowest BCUT2D eigenvalue weighted by atomic mass is 10.2. The van der Waals surface area contributed by atoms with Crippen LogP contribution in [-0.4, -0.2) is 7.11 Å². The topological polar surface area (TPSA) is 45.0 Å². The molecule has 0 aliphatic carbocycles. The second-order valence-corrected chi connectivity index (χ2v) is 6.09. The van der Waals surface area contributed by atoms with Gasteiger partial charge in [-0.15, -0.1) is 22.7 Å². The van der Waals surface area contributed by atoms with E-state index < -0.39 is 0 Å². The first-order valence-electron chi connectivity index (χ1n) is 5.63. The number of hydrogen-bond donors (Lipinski definition) is 1. The smallest absolute Gasteiger partial charge is 0.119 e. The third-order valence-corrected chi connectivity index (χ3v) is 4.94. The zero-order valence-electron chi connectivity index (χ0n) is 10.1. The molecule has 1 N–H and O–H groups in total. The molecule has 94 valence electrons. The molecule has 0 aliphatic rings. The maximum Gasteiger partial charge on any atom is 0.119 e. The average molecular weight is 286 g/mol. The summed E-state index contributed by atoms with van der Waals surface area (Å²) in [6.07, 6.45) is 0. The summed E-state index contributed by atoms with van der Waals surface area (Å²) in [7, 11) is 1.64. The van der Waals surface area contributed by atoms with E-state index in [0.29, 0.717) is 0 Å². The lowest BCUT2D eigenvalue weighted by Gasteiger charge is -2.05. The average Bonchev–Trinajstić information content (AvgIpc) is 3.00. The number of nitriles is 1. The molecular weight excluding hydrogens is 276 g/mol. The number of anilines is 2. The molecule has 5 heteroatoms. The molecule has 3 nitrogen and oxygen atoms in total. The van der Waals surface area contributed by atoms with Crippen molar-refractivity contribution in [2.75, 3.05) is 12.4 Å². The van der Waals surface area contributed by atoms with Gasteiger partial charge in [-0.25, -0.2) is 0 Å². The molecule has 0 amide bonds. The molecule has 0 unspecified atom stereocenters. The Morgan fingerprint density at radius 1 is 1.21 bits per heavy atom. The van der Waals surface area contributed by atoms with E-state index in [1.807, 2.05) is 35.7 Å². The van der Waals surface area contributed by atoms with Crippen molar-refractivity contribution in [1.82, 2.24) is 0 Å². The molecule has 2 aromatic heterocycles. The fourth-order valence-electron chi connectivity index (χ4n) is 1.83. The highest BCUT2D eigenvalue weighted by Gasteiger charge is 2.12. The van der Waals surface area contributed by atoms with Crippen LogP contribution in [-0.2, 0) is 0 Å². The number of hydrogen-bond acceptors (Lipinski definition) is 5. The highest BCUT2D eigenvalue weighted by Crippen LogP contribution is 2.39. The summed E-state index contributed by atoms with van der Waals surface area (Å²) in [6, 6.07) is 11.9. The number of ether oxygens (including phenoxy) is 1. The minimum atomic E-state index is 0.720. The second kappa shape index (κ2) is 4.92. The van der Waals surface area contributed by atoms with Crippen LogP contribution in [0.25, 0.3) is 9.40 Å². The van der Waals surface area contributed by atoms with Crippen molar-refractivity contribution in [2.24, 2.45) is 0 Å². The van der Waals surface area contributed by atoms with E-state index in [0.717, 1.165) is 27.4 Å². The first-order chi connectivity index (χ1) is 9.31. The van der Waals surface area contributed by atoms with Gasteiger partial charge in [0.2, 0.25) is 0 Å². The van der Waals surface area contributed by atoms with Gasteiger partial charge in [-0.3, -0.25) is 0 Å². The van der Waals surface area contributed by atoms with Crippen molar-refractivity contribution in [1.29, 1.82) is 5.26 Å². The van der Waals surface area contributed by atoms with Gasteiger partial charge in [0.15, 0.2) is 0 Å². The van der Waals surface area contributed by atoms with E-state index in [-0.39, 0.29) is 0 Å². The van der Waals surface area contributed by atoms with E-state index in [4.69, 9.17) is 4.74 Å². The molecule has 3 aromatic rings. The highest BCUT2D eigenvalue weighted by atomic mass is 32.2. The predicted molar refractivity (Wildman–Crippen MR) is 80.7 cm³/mol. The van der Waals surface area contributed by atoms with Gasteiger partial charge in [-0.1, -0.05) is 0 Å². The molecule has 2 heterocycles. The summed E-state index contributed by atoms with van der Waals surface area (Å²) < 4.78 is 6.30. The van der Waals surface area contributed by atoms with Gasteiger partial charge in [-0.05, 0) is 35.7 Å². The van der Waals surface area contributed by atoms with Crippen molar-refractivity contribution in [3.8, 4) is 11.8 Å². The predicted octanol–water partition coefficient (Wildman–Crippen LogP) is 4.59. The molecule has 0 radical (unpaired) electrons. The summed E-state index contributed by atoms with van der Waals surface area (Å²) in [4.78, 5) is 0. The molecule has 0 saturated carbocycles. The number of methoxy groups -OCH3 is 1. The van der Waals surface area contributed by atoms with Crippen LogP contribution in [0.3, 0.4) is 0 Å². The van der Waals surface area contributed by atoms with E-state index in [2.05, 4.69) is 11.4 Å². The third-order valence-electron chi connectivity index (χ3n) is 2.78. The zero-order valence-corrected chi connectivity index (χ0v) is 11.8. The largest absolute Gasteiger partial charge is 0.497 e. The van der Waals surface area contributed by atoms with Gasteiger partial charge in [-0.2, -0.15) is 5.26 Å². The Hall–Kier alpha value is -2.03. The number of rotatable bonds is 3. The first-order valence-corrected chi connectivity index (χ1v) is 7.32. The Morgan fingerprint density at radius 3 is 2.68 bits per heavy atom. The summed E-state index contributed by atoms with van der Waals surface area (Å²) in [5.41, 5.74) is 1.67. The van der Waals surface area contributed by atoms with Crippen molar-refractivity contribution < 1.29 is 4.74 Å². The van der Waals surface area contributed by atoms with Crippen molar-refractivity contribution >= 4 is 42.8 Å². The minimum Gasteiger partial charge on any atom is -0.497 e. The Labute approximate surface area is 118 Å². The van der Waals surface area contributed by atoms with Gasteiger partial charge >= 0.3 is 0 Å². The second-order valence-electron chi connectivity index (χ2n) is 3.89. The standard InChI is InChI=1S/C14H10N2OS2/c1-17-10-4-2-9(3-5-10)16-13-12(8-15)11-6-7-18-14(11)19-13/h2-7,16H,1H3. The van der Waals surface area contributed by atoms with E-state index in [1.54, 1.807) is 29.8 Å². The summed E-state index contributed by atoms with van der Waals surface area (Å²) in [5, 5.41) is 16.5. The maximum atomic E-state index is 9.29. The van der Waals surface area contributed by atoms with E-state index in [9.17, 15) is 5.26 Å². The summed E-state index contributed by atoms with van der Waals surface area (Å²) >= 11 is 3.28. The summed E-state index contributed by atoms with van der Waals surface area (Å²) in [5.74, 6) is 0.818. The number of benzene rings is 1. The normalized spacial score (nSPS) is 10.3.